The van der Waals surface area contributed by atoms with Crippen molar-refractivity contribution >= 4 is 88.6 Å². The van der Waals surface area contributed by atoms with E-state index in [1.165, 1.54) is 21.6 Å². The Labute approximate surface area is 704 Å². The molecule has 15 amide bonds. The molecule has 6 aliphatic rings. The van der Waals surface area contributed by atoms with Gasteiger partial charge >= 0.3 is 0 Å². The molecule has 2 aromatic carbocycles. The zero-order valence-corrected chi connectivity index (χ0v) is 69.9. The molecule has 35 nitrogen and oxygen atoms in total. The standard InChI is InChI=1S/C85H134N20O15/c1-53(106)92-46-69(107)98-67(44-54-24-4-2-5-25-54)84(119)104-51-57-29-10-13-33-61(57)75(104)82(117)94-48-71(109)97-66(38-18-23-43-90)83(118)103-50-56-28-8-11-31-59(56)73(103)80(115)95-49-72(110)99-68(45-55-26-6-3-7-27-55)85(120)105-52-58-30-9-12-32-60(58)74(105)81(116)93-47-70(108)96-63(35-15-20-40-87)77(112)101-65(37-17-22-42-89)79(114)102-64(36-16-21-41-88)78(113)100-62(76(91)111)34-14-19-39-86/h2-7,24-27,56-68,73-75H,8-23,28-52,86-90H2,1H3,(H2,91,111)(H,92,106)(H,93,116)(H,94,117)(H,95,115)(H,96,108)(H,97,109)(H,98,107)(H,99,110)(H,100,113)(H,101,112)(H,102,114)/t56?,57?,58?,59?,60?,61?,62-,63-,64-,65-,66-,67-,68-,73-,74-,75-/m0/s1. The van der Waals surface area contributed by atoms with Crippen molar-refractivity contribution in [3.8, 4) is 0 Å². The quantitative estimate of drug-likeness (QED) is 0.0336. The fourth-order valence-electron chi connectivity index (χ4n) is 18.4. The predicted octanol–water partition coefficient (Wildman–Crippen LogP) is -1.47. The van der Waals surface area contributed by atoms with Gasteiger partial charge in [-0.25, -0.2) is 0 Å². The monoisotopic (exact) mass is 1680 g/mol. The van der Waals surface area contributed by atoms with Crippen molar-refractivity contribution in [2.24, 2.45) is 69.9 Å². The molecule has 6 fully saturated rings. The van der Waals surface area contributed by atoms with Crippen LogP contribution in [0.4, 0.5) is 0 Å². The van der Waals surface area contributed by atoms with Gasteiger partial charge in [-0.05, 0) is 214 Å². The Balaban J connectivity index is 0.928. The van der Waals surface area contributed by atoms with E-state index in [4.69, 9.17) is 34.4 Å². The summed E-state index contributed by atoms with van der Waals surface area (Å²) in [5.74, 6) is -10.5. The van der Waals surface area contributed by atoms with Crippen molar-refractivity contribution in [3.05, 3.63) is 71.8 Å². The fourth-order valence-corrected chi connectivity index (χ4v) is 18.4. The maximum absolute atomic E-state index is 15.4. The van der Waals surface area contributed by atoms with E-state index in [9.17, 15) is 62.3 Å². The topological polar surface area (TPSA) is 554 Å². The molecule has 16 atom stereocenters. The van der Waals surface area contributed by atoms with Crippen LogP contribution in [0.3, 0.4) is 0 Å². The lowest BCUT2D eigenvalue weighted by molar-refractivity contribution is -0.143. The molecule has 0 radical (unpaired) electrons. The predicted molar refractivity (Wildman–Crippen MR) is 448 cm³/mol. The van der Waals surface area contributed by atoms with Crippen molar-refractivity contribution < 1.29 is 71.9 Å². The summed E-state index contributed by atoms with van der Waals surface area (Å²) in [6, 6.07) is 6.78. The van der Waals surface area contributed by atoms with Crippen LogP contribution in [0.25, 0.3) is 0 Å². The number of fused-ring (bicyclic) bond motifs is 3. The van der Waals surface area contributed by atoms with Gasteiger partial charge in [0.2, 0.25) is 88.6 Å². The number of carbonyl (C=O) groups excluding carboxylic acids is 15. The summed E-state index contributed by atoms with van der Waals surface area (Å²) in [6.07, 6.45) is 14.6. The Hall–Kier alpha value is -9.71. The highest BCUT2D eigenvalue weighted by molar-refractivity contribution is 6.00. The highest BCUT2D eigenvalue weighted by Gasteiger charge is 2.53. The van der Waals surface area contributed by atoms with E-state index in [0.717, 1.165) is 56.9 Å². The molecule has 3 heterocycles. The van der Waals surface area contributed by atoms with Crippen LogP contribution in [0, 0.1) is 35.5 Å². The number of hydrogen-bond acceptors (Lipinski definition) is 20. The van der Waals surface area contributed by atoms with Crippen LogP contribution >= 0.6 is 0 Å². The van der Waals surface area contributed by atoms with Gasteiger partial charge in [0.15, 0.2) is 0 Å². The zero-order valence-electron chi connectivity index (χ0n) is 69.9. The summed E-state index contributed by atoms with van der Waals surface area (Å²) in [4.78, 5) is 217. The molecule has 23 N–H and O–H groups in total. The van der Waals surface area contributed by atoms with E-state index in [1.54, 1.807) is 30.3 Å². The second-order valence-corrected chi connectivity index (χ2v) is 33.4. The van der Waals surface area contributed by atoms with Crippen molar-refractivity contribution in [2.75, 3.05) is 78.5 Å². The van der Waals surface area contributed by atoms with Crippen LogP contribution in [-0.4, -0.2) is 242 Å². The number of benzene rings is 2. The SMILES string of the molecule is CC(=O)NCC(=O)N[C@@H](Cc1ccccc1)C(=O)N1CC2CCCCC2[C@H]1C(=O)NCC(=O)N[C@@H](CCCCN)C(=O)N1CC2CCCCC2[C@H]1C(=O)NCC(=O)N[C@@H](Cc1ccccc1)C(=O)N1CC2CCCCC2[C@H]1C(=O)NCC(=O)N[C@@H](CCCCN)C(=O)N[C@@H](CCCCN)C(=O)N[C@@H](CCCCN)C(=O)N[C@@H](CCCCN)C(N)=O. The van der Waals surface area contributed by atoms with Gasteiger partial charge in [0.1, 0.15) is 60.4 Å². The smallest absolute Gasteiger partial charge is 0.246 e. The second kappa shape index (κ2) is 49.9. The number of nitrogens with one attached hydrogen (secondary N) is 11. The Kier molecular flexibility index (Phi) is 39.8. The molecule has 0 aromatic heterocycles. The van der Waals surface area contributed by atoms with Crippen LogP contribution in [0.1, 0.15) is 191 Å². The maximum Gasteiger partial charge on any atom is 0.246 e. The summed E-state index contributed by atoms with van der Waals surface area (Å²) in [5.41, 5.74) is 36.2. The molecule has 3 saturated heterocycles. The van der Waals surface area contributed by atoms with E-state index in [1.807, 2.05) is 30.3 Å². The maximum atomic E-state index is 15.4. The number of carbonyl (C=O) groups is 15. The lowest BCUT2D eigenvalue weighted by atomic mass is 9.78. The average molecular weight is 1680 g/mol. The molecule has 2 aromatic rings. The molecule has 6 unspecified atom stereocenters. The number of unbranched alkanes of at least 4 members (excludes halogenated alkanes) is 5. The Morgan fingerprint density at radius 3 is 0.917 bits per heavy atom. The third kappa shape index (κ3) is 28.7. The Morgan fingerprint density at radius 1 is 0.333 bits per heavy atom. The average Bonchev–Trinajstić information content (AvgIpc) is 1.64. The van der Waals surface area contributed by atoms with E-state index >= 15 is 9.59 Å². The number of nitrogens with two attached hydrogens (primary N) is 6. The van der Waals surface area contributed by atoms with Gasteiger partial charge in [-0.2, -0.15) is 0 Å². The highest BCUT2D eigenvalue weighted by atomic mass is 16.2. The van der Waals surface area contributed by atoms with Crippen molar-refractivity contribution in [2.45, 2.75) is 254 Å². The van der Waals surface area contributed by atoms with Gasteiger partial charge in [-0.1, -0.05) is 99.2 Å². The summed E-state index contributed by atoms with van der Waals surface area (Å²) < 4.78 is 0. The van der Waals surface area contributed by atoms with Crippen LogP contribution in [0.15, 0.2) is 60.7 Å². The molecule has 0 bridgehead atoms. The first-order valence-electron chi connectivity index (χ1n) is 43.8. The Morgan fingerprint density at radius 2 is 0.600 bits per heavy atom. The molecule has 120 heavy (non-hydrogen) atoms. The van der Waals surface area contributed by atoms with Crippen LogP contribution in [0.2, 0.25) is 0 Å². The summed E-state index contributed by atoms with van der Waals surface area (Å²) in [6.45, 7) is 1.28. The molecule has 3 aliphatic heterocycles. The minimum absolute atomic E-state index is 0.0159. The molecule has 0 spiro atoms. The first-order chi connectivity index (χ1) is 57.9. The number of hydrogen-bond donors (Lipinski definition) is 17. The Bertz CT molecular complexity index is 3750. The van der Waals surface area contributed by atoms with Gasteiger partial charge in [0.25, 0.3) is 0 Å². The van der Waals surface area contributed by atoms with Gasteiger partial charge < -0.3 is 108 Å². The molecular weight excluding hydrogens is 1540 g/mol. The number of primary amides is 1. The van der Waals surface area contributed by atoms with Crippen LogP contribution in [0.5, 0.6) is 0 Å². The molecular formula is C85H134N20O15. The summed E-state index contributed by atoms with van der Waals surface area (Å²) >= 11 is 0. The number of nitrogens with zero attached hydrogens (tertiary/aromatic N) is 3. The third-order valence-corrected chi connectivity index (χ3v) is 24.6. The lowest BCUT2D eigenvalue weighted by Gasteiger charge is -2.32. The number of rotatable bonds is 49. The highest BCUT2D eigenvalue weighted by Crippen LogP contribution is 2.44. The molecule has 664 valence electrons. The molecule has 3 aliphatic carbocycles. The number of likely N-dealkylation sites (tertiary alicyclic amines) is 3. The normalized spacial score (nSPS) is 22.1. The molecule has 3 saturated carbocycles. The number of amides is 15. The summed E-state index contributed by atoms with van der Waals surface area (Å²) in [5, 5.41) is 30.3. The fraction of sp³-hybridized carbons (Fsp3) is 0.682. The van der Waals surface area contributed by atoms with Gasteiger partial charge in [0.05, 0.1) is 26.2 Å². The lowest BCUT2D eigenvalue weighted by Crippen LogP contribution is -2.59. The minimum Gasteiger partial charge on any atom is -0.368 e. The largest absolute Gasteiger partial charge is 0.368 e. The first kappa shape index (κ1) is 95.8. The van der Waals surface area contributed by atoms with Gasteiger partial charge in [-0.3, -0.25) is 71.9 Å². The second-order valence-electron chi connectivity index (χ2n) is 33.4. The van der Waals surface area contributed by atoms with Crippen LogP contribution < -0.4 is 92.9 Å². The van der Waals surface area contributed by atoms with Gasteiger partial charge in [0, 0.05) is 39.4 Å². The van der Waals surface area contributed by atoms with E-state index in [0.29, 0.717) is 115 Å². The van der Waals surface area contributed by atoms with E-state index in [-0.39, 0.29) is 120 Å². The molecule has 35 heteroatoms. The van der Waals surface area contributed by atoms with Crippen molar-refractivity contribution in [3.63, 3.8) is 0 Å². The van der Waals surface area contributed by atoms with E-state index in [2.05, 4.69) is 58.5 Å². The van der Waals surface area contributed by atoms with E-state index < -0.39 is 169 Å². The summed E-state index contributed by atoms with van der Waals surface area (Å²) in [7, 11) is 0. The van der Waals surface area contributed by atoms with Gasteiger partial charge in [-0.15, -0.1) is 0 Å². The van der Waals surface area contributed by atoms with Crippen molar-refractivity contribution in [1.82, 2.24) is 73.2 Å². The molecule has 8 rings (SSSR count). The third-order valence-electron chi connectivity index (χ3n) is 24.6. The first-order valence-corrected chi connectivity index (χ1v) is 43.8. The minimum atomic E-state index is -1.27. The van der Waals surface area contributed by atoms with Crippen molar-refractivity contribution in [1.29, 1.82) is 0 Å². The van der Waals surface area contributed by atoms with Crippen LogP contribution in [-0.2, 0) is 84.8 Å². The zero-order chi connectivity index (χ0) is 86.6.